The number of oxazole rings is 1. The van der Waals surface area contributed by atoms with E-state index in [-0.39, 0.29) is 5.56 Å². The summed E-state index contributed by atoms with van der Waals surface area (Å²) in [5, 5.41) is 9.18. The zero-order valence-corrected chi connectivity index (χ0v) is 8.99. The van der Waals surface area contributed by atoms with E-state index in [1.54, 1.807) is 0 Å². The molecular weight excluding hydrogens is 230 g/mol. The third-order valence-electron chi connectivity index (χ3n) is 2.63. The van der Waals surface area contributed by atoms with E-state index < -0.39 is 5.97 Å². The number of carboxylic acid groups (broad SMARTS) is 1. The molecular formula is C11H8ClNO3. The van der Waals surface area contributed by atoms with Gasteiger partial charge in [0.1, 0.15) is 5.52 Å². The van der Waals surface area contributed by atoms with Gasteiger partial charge in [-0.25, -0.2) is 9.78 Å². The van der Waals surface area contributed by atoms with Gasteiger partial charge in [0.15, 0.2) is 11.5 Å². The molecule has 0 radical (unpaired) electrons. The van der Waals surface area contributed by atoms with Crippen molar-refractivity contribution in [2.75, 3.05) is 0 Å². The van der Waals surface area contributed by atoms with Crippen LogP contribution < -0.4 is 0 Å². The van der Waals surface area contributed by atoms with Crippen LogP contribution in [0.1, 0.15) is 35.0 Å². The maximum Gasteiger partial charge on any atom is 0.335 e. The topological polar surface area (TPSA) is 63.3 Å². The summed E-state index contributed by atoms with van der Waals surface area (Å²) in [7, 11) is 0. The van der Waals surface area contributed by atoms with Gasteiger partial charge in [0.25, 0.3) is 0 Å². The van der Waals surface area contributed by atoms with Gasteiger partial charge in [-0.2, -0.15) is 0 Å². The number of rotatable bonds is 2. The normalized spacial score (nSPS) is 15.6. The number of fused-ring (bicyclic) bond motifs is 1. The van der Waals surface area contributed by atoms with Crippen LogP contribution in [0.4, 0.5) is 0 Å². The molecule has 16 heavy (non-hydrogen) atoms. The van der Waals surface area contributed by atoms with Crippen molar-refractivity contribution in [3.05, 3.63) is 28.6 Å². The fourth-order valence-electron chi connectivity index (χ4n) is 1.64. The summed E-state index contributed by atoms with van der Waals surface area (Å²) in [6.07, 6.45) is 2.16. The Labute approximate surface area is 95.8 Å². The summed E-state index contributed by atoms with van der Waals surface area (Å²) in [6.45, 7) is 0. The van der Waals surface area contributed by atoms with Crippen molar-refractivity contribution < 1.29 is 14.3 Å². The number of carboxylic acids is 1. The molecule has 3 rings (SSSR count). The van der Waals surface area contributed by atoms with Crippen LogP contribution in [0.2, 0.25) is 5.02 Å². The van der Waals surface area contributed by atoms with Crippen molar-refractivity contribution >= 4 is 28.7 Å². The molecule has 1 fully saturated rings. The van der Waals surface area contributed by atoms with Crippen LogP contribution in [0.25, 0.3) is 11.1 Å². The Morgan fingerprint density at radius 3 is 2.88 bits per heavy atom. The molecule has 2 aromatic rings. The quantitative estimate of drug-likeness (QED) is 0.872. The SMILES string of the molecule is O=C(O)c1cc(Cl)c2oc(C3CC3)nc2c1. The van der Waals surface area contributed by atoms with Crippen LogP contribution >= 0.6 is 11.6 Å². The minimum Gasteiger partial charge on any atom is -0.478 e. The first-order valence-corrected chi connectivity index (χ1v) is 5.36. The van der Waals surface area contributed by atoms with Crippen molar-refractivity contribution in [2.24, 2.45) is 0 Å². The average molecular weight is 238 g/mol. The van der Waals surface area contributed by atoms with Crippen LogP contribution in [0.5, 0.6) is 0 Å². The lowest BCUT2D eigenvalue weighted by atomic mass is 10.2. The summed E-state index contributed by atoms with van der Waals surface area (Å²) in [5.41, 5.74) is 1.13. The maximum atomic E-state index is 10.8. The number of nitrogens with zero attached hydrogens (tertiary/aromatic N) is 1. The van der Waals surface area contributed by atoms with Gasteiger partial charge < -0.3 is 9.52 Å². The summed E-state index contributed by atoms with van der Waals surface area (Å²) in [6, 6.07) is 2.87. The van der Waals surface area contributed by atoms with Crippen LogP contribution in [-0.4, -0.2) is 16.1 Å². The zero-order valence-electron chi connectivity index (χ0n) is 8.24. The molecule has 1 N–H and O–H groups in total. The first-order valence-electron chi connectivity index (χ1n) is 4.98. The minimum absolute atomic E-state index is 0.133. The highest BCUT2D eigenvalue weighted by Gasteiger charge is 2.29. The zero-order chi connectivity index (χ0) is 11.3. The average Bonchev–Trinajstić information content (AvgIpc) is 2.98. The number of carbonyl (C=O) groups is 1. The Hall–Kier alpha value is -1.55. The Bertz CT molecular complexity index is 586. The van der Waals surface area contributed by atoms with Crippen LogP contribution in [-0.2, 0) is 0 Å². The van der Waals surface area contributed by atoms with Gasteiger partial charge in [-0.3, -0.25) is 0 Å². The van der Waals surface area contributed by atoms with Crippen LogP contribution in [0.3, 0.4) is 0 Å². The van der Waals surface area contributed by atoms with E-state index in [2.05, 4.69) is 4.98 Å². The standard InChI is InChI=1S/C11H8ClNO3/c12-7-3-6(11(14)15)4-8-9(7)16-10(13-8)5-1-2-5/h3-5H,1-2H2,(H,14,15). The molecule has 4 nitrogen and oxygen atoms in total. The highest BCUT2D eigenvalue weighted by atomic mass is 35.5. The first-order chi connectivity index (χ1) is 7.65. The number of halogens is 1. The van der Waals surface area contributed by atoms with Gasteiger partial charge in [0, 0.05) is 5.92 Å². The van der Waals surface area contributed by atoms with Gasteiger partial charge in [0.2, 0.25) is 0 Å². The van der Waals surface area contributed by atoms with E-state index in [1.807, 2.05) is 0 Å². The highest BCUT2D eigenvalue weighted by Crippen LogP contribution is 2.41. The van der Waals surface area contributed by atoms with Gasteiger partial charge in [-0.1, -0.05) is 11.6 Å². The van der Waals surface area contributed by atoms with Gasteiger partial charge in [-0.05, 0) is 25.0 Å². The third kappa shape index (κ3) is 1.46. The van der Waals surface area contributed by atoms with E-state index >= 15 is 0 Å². The lowest BCUT2D eigenvalue weighted by molar-refractivity contribution is 0.0697. The molecule has 82 valence electrons. The van der Waals surface area contributed by atoms with E-state index in [0.717, 1.165) is 12.8 Å². The summed E-state index contributed by atoms with van der Waals surface area (Å²) in [4.78, 5) is 15.1. The molecule has 0 unspecified atom stereocenters. The minimum atomic E-state index is -1.01. The molecule has 0 amide bonds. The molecule has 0 aliphatic heterocycles. The number of aromatic carboxylic acids is 1. The summed E-state index contributed by atoms with van der Waals surface area (Å²) in [5.74, 6) is 0.0379. The molecule has 0 atom stereocenters. The van der Waals surface area contributed by atoms with Crippen molar-refractivity contribution in [1.82, 2.24) is 4.98 Å². The fraction of sp³-hybridized carbons (Fsp3) is 0.273. The fourth-order valence-corrected chi connectivity index (χ4v) is 1.89. The predicted octanol–water partition coefficient (Wildman–Crippen LogP) is 3.06. The number of benzene rings is 1. The van der Waals surface area contributed by atoms with Gasteiger partial charge in [0.05, 0.1) is 10.6 Å². The third-order valence-corrected chi connectivity index (χ3v) is 2.92. The van der Waals surface area contributed by atoms with Crippen molar-refractivity contribution in [2.45, 2.75) is 18.8 Å². The molecule has 5 heteroatoms. The maximum absolute atomic E-state index is 10.8. The molecule has 0 saturated heterocycles. The van der Waals surface area contributed by atoms with Crippen molar-refractivity contribution in [3.8, 4) is 0 Å². The lowest BCUT2D eigenvalue weighted by Crippen LogP contribution is -1.95. The van der Waals surface area contributed by atoms with Crippen LogP contribution in [0.15, 0.2) is 16.5 Å². The number of hydrogen-bond acceptors (Lipinski definition) is 3. The largest absolute Gasteiger partial charge is 0.478 e. The lowest BCUT2D eigenvalue weighted by Gasteiger charge is -1.95. The number of aromatic nitrogens is 1. The van der Waals surface area contributed by atoms with E-state index in [4.69, 9.17) is 21.1 Å². The molecule has 1 aliphatic rings. The summed E-state index contributed by atoms with van der Waals surface area (Å²) < 4.78 is 5.52. The van der Waals surface area contributed by atoms with Crippen molar-refractivity contribution in [3.63, 3.8) is 0 Å². The van der Waals surface area contributed by atoms with Crippen LogP contribution in [0, 0.1) is 0 Å². The second kappa shape index (κ2) is 3.22. The first kappa shape index (κ1) is 9.66. The second-order valence-electron chi connectivity index (χ2n) is 3.94. The Morgan fingerprint density at radius 1 is 1.50 bits per heavy atom. The smallest absolute Gasteiger partial charge is 0.335 e. The molecule has 1 aromatic heterocycles. The van der Waals surface area contributed by atoms with Crippen molar-refractivity contribution in [1.29, 1.82) is 0 Å². The van der Waals surface area contributed by atoms with E-state index in [0.29, 0.717) is 27.9 Å². The number of hydrogen-bond donors (Lipinski definition) is 1. The monoisotopic (exact) mass is 237 g/mol. The molecule has 0 spiro atoms. The van der Waals surface area contributed by atoms with Gasteiger partial charge >= 0.3 is 5.97 Å². The Morgan fingerprint density at radius 2 is 2.25 bits per heavy atom. The molecule has 1 aliphatic carbocycles. The highest BCUT2D eigenvalue weighted by molar-refractivity contribution is 6.35. The molecule has 1 aromatic carbocycles. The van der Waals surface area contributed by atoms with Gasteiger partial charge in [-0.15, -0.1) is 0 Å². The van der Waals surface area contributed by atoms with E-state index in [1.165, 1.54) is 12.1 Å². The van der Waals surface area contributed by atoms with E-state index in [9.17, 15) is 4.79 Å². The Kier molecular flexibility index (Phi) is 1.94. The molecule has 0 bridgehead atoms. The predicted molar refractivity (Wildman–Crippen MR) is 58.0 cm³/mol. The Balaban J connectivity index is 2.21. The molecule has 1 heterocycles. The second-order valence-corrected chi connectivity index (χ2v) is 4.35. The summed E-state index contributed by atoms with van der Waals surface area (Å²) >= 11 is 5.95. The molecule has 1 saturated carbocycles.